The summed E-state index contributed by atoms with van der Waals surface area (Å²) in [6.07, 6.45) is -3.07. The van der Waals surface area contributed by atoms with E-state index >= 15 is 0 Å². The Hall–Kier alpha value is -1.67. The fourth-order valence-corrected chi connectivity index (χ4v) is 3.24. The van der Waals surface area contributed by atoms with Crippen LogP contribution >= 0.6 is 0 Å². The van der Waals surface area contributed by atoms with Crippen LogP contribution in [0.4, 0.5) is 17.6 Å². The van der Waals surface area contributed by atoms with Crippen LogP contribution in [0.3, 0.4) is 0 Å². The number of amides is 1. The molecule has 1 aromatic rings. The maximum atomic E-state index is 14.3. The van der Waals surface area contributed by atoms with Crippen molar-refractivity contribution in [1.82, 2.24) is 10.6 Å². The number of benzene rings is 1. The van der Waals surface area contributed by atoms with Crippen molar-refractivity contribution in [3.8, 4) is 0 Å². The second kappa shape index (κ2) is 6.92. The van der Waals surface area contributed by atoms with Crippen LogP contribution in [0.5, 0.6) is 0 Å². The lowest BCUT2D eigenvalue weighted by atomic mass is 9.90. The van der Waals surface area contributed by atoms with Gasteiger partial charge in [0.25, 0.3) is 0 Å². The summed E-state index contributed by atoms with van der Waals surface area (Å²) in [6.45, 7) is 2.64. The Balaban J connectivity index is 1.80. The highest BCUT2D eigenvalue weighted by atomic mass is 19.4. The maximum Gasteiger partial charge on any atom is 0.416 e. The molecule has 2 saturated heterocycles. The summed E-state index contributed by atoms with van der Waals surface area (Å²) in [4.78, 5) is 12.4. The van der Waals surface area contributed by atoms with E-state index in [1.165, 1.54) is 0 Å². The summed E-state index contributed by atoms with van der Waals surface area (Å²) in [7, 11) is 0. The SMILES string of the molecule is C[C@@H]1CCC(C(=O)N[C@@H](c2ccc(C(F)(F)F)cc2F)C2COC2)N1. The molecule has 1 unspecified atom stereocenters. The molecule has 0 aliphatic carbocycles. The van der Waals surface area contributed by atoms with Crippen LogP contribution in [-0.2, 0) is 15.7 Å². The van der Waals surface area contributed by atoms with E-state index in [0.29, 0.717) is 25.7 Å². The Morgan fingerprint density at radius 2 is 2.04 bits per heavy atom. The van der Waals surface area contributed by atoms with Crippen molar-refractivity contribution < 1.29 is 27.1 Å². The Morgan fingerprint density at radius 1 is 1.32 bits per heavy atom. The highest BCUT2D eigenvalue weighted by Crippen LogP contribution is 2.34. The number of carbonyl (C=O) groups is 1. The molecule has 0 radical (unpaired) electrons. The van der Waals surface area contributed by atoms with Crippen LogP contribution in [0, 0.1) is 11.7 Å². The first-order chi connectivity index (χ1) is 11.8. The topological polar surface area (TPSA) is 50.4 Å². The summed E-state index contributed by atoms with van der Waals surface area (Å²) in [5, 5.41) is 5.94. The molecular weight excluding hydrogens is 340 g/mol. The van der Waals surface area contributed by atoms with Crippen molar-refractivity contribution in [2.24, 2.45) is 5.92 Å². The standard InChI is InChI=1S/C17H20F4N2O2/c1-9-2-5-14(22-9)16(24)23-15(10-7-25-8-10)12-4-3-11(6-13(12)18)17(19,20)21/h3-4,6,9-10,14-15,22H,2,5,7-8H2,1H3,(H,23,24)/t9-,14?,15-/m1/s1. The molecule has 0 saturated carbocycles. The van der Waals surface area contributed by atoms with E-state index in [-0.39, 0.29) is 29.5 Å². The van der Waals surface area contributed by atoms with Crippen molar-refractivity contribution in [3.63, 3.8) is 0 Å². The van der Waals surface area contributed by atoms with Gasteiger partial charge in [0, 0.05) is 17.5 Å². The van der Waals surface area contributed by atoms with Crippen molar-refractivity contribution in [2.45, 2.75) is 44.1 Å². The van der Waals surface area contributed by atoms with E-state index in [4.69, 9.17) is 4.74 Å². The van der Waals surface area contributed by atoms with Crippen molar-refractivity contribution >= 4 is 5.91 Å². The van der Waals surface area contributed by atoms with Gasteiger partial charge in [-0.3, -0.25) is 4.79 Å². The van der Waals surface area contributed by atoms with E-state index in [2.05, 4.69) is 10.6 Å². The fourth-order valence-electron chi connectivity index (χ4n) is 3.24. The third kappa shape index (κ3) is 3.95. The number of ether oxygens (including phenoxy) is 1. The van der Waals surface area contributed by atoms with Crippen LogP contribution in [0.25, 0.3) is 0 Å². The molecule has 2 heterocycles. The van der Waals surface area contributed by atoms with Gasteiger partial charge in [0.1, 0.15) is 5.82 Å². The Bertz CT molecular complexity index is 646. The molecule has 0 aromatic heterocycles. The normalized spacial score (nSPS) is 25.5. The Morgan fingerprint density at radius 3 is 2.52 bits per heavy atom. The molecule has 8 heteroatoms. The van der Waals surface area contributed by atoms with Gasteiger partial charge >= 0.3 is 6.18 Å². The minimum Gasteiger partial charge on any atom is -0.381 e. The van der Waals surface area contributed by atoms with Crippen LogP contribution < -0.4 is 10.6 Å². The molecule has 3 atom stereocenters. The monoisotopic (exact) mass is 360 g/mol. The highest BCUT2D eigenvalue weighted by Gasteiger charge is 2.37. The molecular formula is C17H20F4N2O2. The van der Waals surface area contributed by atoms with Crippen LogP contribution in [0.1, 0.15) is 36.9 Å². The third-order valence-electron chi connectivity index (χ3n) is 4.79. The molecule has 1 amide bonds. The largest absolute Gasteiger partial charge is 0.416 e. The van der Waals surface area contributed by atoms with Crippen LogP contribution in [0.2, 0.25) is 0 Å². The van der Waals surface area contributed by atoms with E-state index in [9.17, 15) is 22.4 Å². The van der Waals surface area contributed by atoms with E-state index < -0.39 is 23.6 Å². The number of carbonyl (C=O) groups excluding carboxylic acids is 1. The maximum absolute atomic E-state index is 14.3. The first-order valence-electron chi connectivity index (χ1n) is 8.26. The summed E-state index contributed by atoms with van der Waals surface area (Å²) in [5.41, 5.74) is -0.990. The molecule has 2 aliphatic heterocycles. The van der Waals surface area contributed by atoms with Gasteiger partial charge in [-0.15, -0.1) is 0 Å². The molecule has 0 spiro atoms. The zero-order valence-corrected chi connectivity index (χ0v) is 13.7. The highest BCUT2D eigenvalue weighted by molar-refractivity contribution is 5.82. The van der Waals surface area contributed by atoms with Crippen molar-refractivity contribution in [3.05, 3.63) is 35.1 Å². The molecule has 138 valence electrons. The van der Waals surface area contributed by atoms with Crippen LogP contribution in [0.15, 0.2) is 18.2 Å². The minimum atomic E-state index is -4.61. The molecule has 2 aliphatic rings. The van der Waals surface area contributed by atoms with E-state index in [0.717, 1.165) is 18.6 Å². The first kappa shape index (κ1) is 18.1. The second-order valence-electron chi connectivity index (χ2n) is 6.72. The van der Waals surface area contributed by atoms with Crippen molar-refractivity contribution in [2.75, 3.05) is 13.2 Å². The van der Waals surface area contributed by atoms with Gasteiger partial charge in [-0.25, -0.2) is 4.39 Å². The second-order valence-corrected chi connectivity index (χ2v) is 6.72. The van der Waals surface area contributed by atoms with Gasteiger partial charge in [0.15, 0.2) is 0 Å². The summed E-state index contributed by atoms with van der Waals surface area (Å²) in [6, 6.07) is 1.57. The smallest absolute Gasteiger partial charge is 0.381 e. The predicted molar refractivity (Wildman–Crippen MR) is 82.2 cm³/mol. The van der Waals surface area contributed by atoms with E-state index in [1.807, 2.05) is 6.92 Å². The average molecular weight is 360 g/mol. The predicted octanol–water partition coefficient (Wildman–Crippen LogP) is 2.79. The number of rotatable bonds is 4. The van der Waals surface area contributed by atoms with Gasteiger partial charge in [-0.05, 0) is 31.9 Å². The number of halogens is 4. The Kier molecular flexibility index (Phi) is 5.02. The van der Waals surface area contributed by atoms with Gasteiger partial charge < -0.3 is 15.4 Å². The number of hydrogen-bond acceptors (Lipinski definition) is 3. The number of alkyl halides is 3. The van der Waals surface area contributed by atoms with Gasteiger partial charge in [-0.2, -0.15) is 13.2 Å². The number of hydrogen-bond donors (Lipinski definition) is 2. The summed E-state index contributed by atoms with van der Waals surface area (Å²) >= 11 is 0. The molecule has 3 rings (SSSR count). The Labute approximate surface area is 142 Å². The van der Waals surface area contributed by atoms with Gasteiger partial charge in [-0.1, -0.05) is 6.07 Å². The third-order valence-corrected chi connectivity index (χ3v) is 4.79. The molecule has 4 nitrogen and oxygen atoms in total. The molecule has 1 aromatic carbocycles. The molecule has 0 bridgehead atoms. The van der Waals surface area contributed by atoms with Gasteiger partial charge in [0.05, 0.1) is 30.9 Å². The molecule has 2 fully saturated rings. The zero-order valence-electron chi connectivity index (χ0n) is 13.7. The minimum absolute atomic E-state index is 0.0562. The van der Waals surface area contributed by atoms with Crippen LogP contribution in [-0.4, -0.2) is 31.2 Å². The van der Waals surface area contributed by atoms with E-state index in [1.54, 1.807) is 0 Å². The zero-order chi connectivity index (χ0) is 18.2. The average Bonchev–Trinajstić information content (AvgIpc) is 2.90. The first-order valence-corrected chi connectivity index (χ1v) is 8.26. The van der Waals surface area contributed by atoms with Crippen molar-refractivity contribution in [1.29, 1.82) is 0 Å². The molecule has 25 heavy (non-hydrogen) atoms. The lowest BCUT2D eigenvalue weighted by molar-refractivity contribution is -0.138. The fraction of sp³-hybridized carbons (Fsp3) is 0.588. The lowest BCUT2D eigenvalue weighted by Gasteiger charge is -2.35. The lowest BCUT2D eigenvalue weighted by Crippen LogP contribution is -2.48. The molecule has 2 N–H and O–H groups in total. The summed E-state index contributed by atoms with van der Waals surface area (Å²) in [5.74, 6) is -1.39. The number of nitrogens with one attached hydrogen (secondary N) is 2. The quantitative estimate of drug-likeness (QED) is 0.812. The van der Waals surface area contributed by atoms with Gasteiger partial charge in [0.2, 0.25) is 5.91 Å². The summed E-state index contributed by atoms with van der Waals surface area (Å²) < 4.78 is 57.6.